The number of nitrogens with two attached hydrogens (primary N) is 1. The summed E-state index contributed by atoms with van der Waals surface area (Å²) in [6, 6.07) is 4.74. The van der Waals surface area contributed by atoms with Crippen molar-refractivity contribution < 1.29 is 17.8 Å². The lowest BCUT2D eigenvalue weighted by Crippen LogP contribution is -2.05. The number of pyridine rings is 1. The molecular formula is C13H8ClF3N4O. The molecule has 0 amide bonds. The second-order valence-electron chi connectivity index (χ2n) is 4.60. The van der Waals surface area contributed by atoms with Gasteiger partial charge in [-0.25, -0.2) is 9.61 Å². The Kier molecular flexibility index (Phi) is 3.40. The molecule has 0 aliphatic carbocycles. The maximum absolute atomic E-state index is 12.5. The highest BCUT2D eigenvalue weighted by atomic mass is 35.5. The van der Waals surface area contributed by atoms with Crippen molar-refractivity contribution in [3.05, 3.63) is 46.1 Å². The fraction of sp³-hybridized carbons (Fsp3) is 0.154. The van der Waals surface area contributed by atoms with Gasteiger partial charge in [-0.2, -0.15) is 13.2 Å². The molecule has 2 heterocycles. The van der Waals surface area contributed by atoms with Gasteiger partial charge in [-0.15, -0.1) is 0 Å². The lowest BCUT2D eigenvalue weighted by Gasteiger charge is -2.09. The molecule has 0 bridgehead atoms. The smallest absolute Gasteiger partial charge is 0.396 e. The van der Waals surface area contributed by atoms with Gasteiger partial charge in [0.25, 0.3) is 0 Å². The summed E-state index contributed by atoms with van der Waals surface area (Å²) in [4.78, 5) is 3.99. The molecule has 0 aliphatic heterocycles. The Morgan fingerprint density at radius 1 is 1.14 bits per heavy atom. The summed E-state index contributed by atoms with van der Waals surface area (Å²) >= 11 is 6.04. The molecule has 0 radical (unpaired) electrons. The van der Waals surface area contributed by atoms with Crippen molar-refractivity contribution in [2.75, 3.05) is 5.73 Å². The van der Waals surface area contributed by atoms with Crippen LogP contribution in [0.1, 0.15) is 16.7 Å². The van der Waals surface area contributed by atoms with Crippen LogP contribution < -0.4 is 5.73 Å². The molecule has 0 saturated carbocycles. The van der Waals surface area contributed by atoms with E-state index in [-0.39, 0.29) is 28.4 Å². The predicted octanol–water partition coefficient (Wildman–Crippen LogP) is 3.46. The highest BCUT2D eigenvalue weighted by molar-refractivity contribution is 6.31. The lowest BCUT2D eigenvalue weighted by molar-refractivity contribution is -0.137. The van der Waals surface area contributed by atoms with Gasteiger partial charge in [0.05, 0.1) is 11.3 Å². The molecule has 2 N–H and O–H groups in total. The van der Waals surface area contributed by atoms with E-state index >= 15 is 0 Å². The Hall–Kier alpha value is -2.35. The van der Waals surface area contributed by atoms with E-state index in [0.29, 0.717) is 11.1 Å². The molecule has 0 spiro atoms. The summed E-state index contributed by atoms with van der Waals surface area (Å²) in [5.74, 6) is 0. The fourth-order valence-electron chi connectivity index (χ4n) is 2.03. The van der Waals surface area contributed by atoms with Crippen LogP contribution in [-0.2, 0) is 12.6 Å². The Morgan fingerprint density at radius 3 is 2.45 bits per heavy atom. The third-order valence-corrected chi connectivity index (χ3v) is 3.48. The largest absolute Gasteiger partial charge is 0.416 e. The van der Waals surface area contributed by atoms with Gasteiger partial charge in [-0.3, -0.25) is 0 Å². The van der Waals surface area contributed by atoms with Crippen LogP contribution >= 0.6 is 11.6 Å². The first-order valence-electron chi connectivity index (χ1n) is 6.08. The minimum absolute atomic E-state index is 0.112. The van der Waals surface area contributed by atoms with E-state index in [2.05, 4.69) is 19.9 Å². The van der Waals surface area contributed by atoms with Crippen LogP contribution in [-0.4, -0.2) is 15.3 Å². The van der Waals surface area contributed by atoms with E-state index in [1.165, 1.54) is 12.1 Å². The molecular weight excluding hydrogens is 321 g/mol. The Morgan fingerprint density at radius 2 is 1.82 bits per heavy atom. The molecule has 0 saturated heterocycles. The second-order valence-corrected chi connectivity index (χ2v) is 4.96. The molecule has 114 valence electrons. The molecule has 0 fully saturated rings. The Balaban J connectivity index is 1.96. The van der Waals surface area contributed by atoms with E-state index < -0.39 is 11.7 Å². The topological polar surface area (TPSA) is 77.8 Å². The SMILES string of the molecule is Nc1c(Cc2ccc(C(F)(F)F)cc2)c(Cl)nc2nonc12. The number of halogens is 4. The lowest BCUT2D eigenvalue weighted by atomic mass is 10.0. The van der Waals surface area contributed by atoms with Crippen LogP contribution in [0, 0.1) is 0 Å². The minimum atomic E-state index is -4.37. The molecule has 3 aromatic rings. The highest BCUT2D eigenvalue weighted by Gasteiger charge is 2.30. The summed E-state index contributed by atoms with van der Waals surface area (Å²) < 4.78 is 42.1. The highest BCUT2D eigenvalue weighted by Crippen LogP contribution is 2.31. The maximum atomic E-state index is 12.5. The number of rotatable bonds is 2. The number of anilines is 1. The first-order valence-corrected chi connectivity index (χ1v) is 6.46. The number of alkyl halides is 3. The summed E-state index contributed by atoms with van der Waals surface area (Å²) in [6.45, 7) is 0. The van der Waals surface area contributed by atoms with E-state index in [9.17, 15) is 13.2 Å². The first-order chi connectivity index (χ1) is 10.4. The van der Waals surface area contributed by atoms with Gasteiger partial charge in [-0.05, 0) is 28.0 Å². The maximum Gasteiger partial charge on any atom is 0.416 e. The van der Waals surface area contributed by atoms with Crippen molar-refractivity contribution in [3.63, 3.8) is 0 Å². The van der Waals surface area contributed by atoms with Crippen molar-refractivity contribution in [1.29, 1.82) is 0 Å². The van der Waals surface area contributed by atoms with Crippen molar-refractivity contribution in [2.24, 2.45) is 0 Å². The zero-order valence-corrected chi connectivity index (χ0v) is 11.6. The van der Waals surface area contributed by atoms with Crippen molar-refractivity contribution in [2.45, 2.75) is 12.6 Å². The quantitative estimate of drug-likeness (QED) is 0.729. The molecule has 22 heavy (non-hydrogen) atoms. The number of nitrogens with zero attached hydrogens (tertiary/aromatic N) is 3. The van der Waals surface area contributed by atoms with Crippen molar-refractivity contribution in [3.8, 4) is 0 Å². The third-order valence-electron chi connectivity index (χ3n) is 3.17. The molecule has 3 rings (SSSR count). The molecule has 0 aliphatic rings. The Bertz CT molecular complexity index is 830. The van der Waals surface area contributed by atoms with E-state index in [4.69, 9.17) is 17.3 Å². The van der Waals surface area contributed by atoms with Gasteiger partial charge in [0.1, 0.15) is 5.15 Å². The van der Waals surface area contributed by atoms with Crippen LogP contribution in [0.25, 0.3) is 11.2 Å². The van der Waals surface area contributed by atoms with Gasteiger partial charge >= 0.3 is 6.18 Å². The number of hydrogen-bond donors (Lipinski definition) is 1. The average molecular weight is 329 g/mol. The zero-order valence-electron chi connectivity index (χ0n) is 10.9. The minimum Gasteiger partial charge on any atom is -0.396 e. The molecule has 1 aromatic carbocycles. The molecule has 0 atom stereocenters. The van der Waals surface area contributed by atoms with E-state index in [1.54, 1.807) is 0 Å². The number of fused-ring (bicyclic) bond motifs is 1. The van der Waals surface area contributed by atoms with Crippen LogP contribution in [0.4, 0.5) is 18.9 Å². The normalized spacial score (nSPS) is 12.0. The number of aromatic nitrogens is 3. The van der Waals surface area contributed by atoms with Gasteiger partial charge in [-0.1, -0.05) is 23.7 Å². The van der Waals surface area contributed by atoms with Crippen LogP contribution in [0.3, 0.4) is 0 Å². The predicted molar refractivity (Wildman–Crippen MR) is 73.3 cm³/mol. The summed E-state index contributed by atoms with van der Waals surface area (Å²) in [5, 5.41) is 7.28. The average Bonchev–Trinajstić information content (AvgIpc) is 2.91. The van der Waals surface area contributed by atoms with Gasteiger partial charge in [0.2, 0.25) is 5.65 Å². The molecule has 9 heteroatoms. The van der Waals surface area contributed by atoms with Crippen molar-refractivity contribution in [1.82, 2.24) is 15.3 Å². The zero-order chi connectivity index (χ0) is 15.9. The summed E-state index contributed by atoms with van der Waals surface area (Å²) in [7, 11) is 0. The monoisotopic (exact) mass is 328 g/mol. The summed E-state index contributed by atoms with van der Waals surface area (Å²) in [5.41, 5.74) is 6.99. The van der Waals surface area contributed by atoms with Crippen LogP contribution in [0.5, 0.6) is 0 Å². The Labute approximate surface area is 126 Å². The van der Waals surface area contributed by atoms with Crippen LogP contribution in [0.2, 0.25) is 5.15 Å². The number of nitrogen functional groups attached to an aromatic ring is 1. The standard InChI is InChI=1S/C13H8ClF3N4O/c14-11-8(9(18)10-12(19-11)21-22-20-10)5-6-1-3-7(4-2-6)13(15,16)17/h1-4H,5,18H2. The summed E-state index contributed by atoms with van der Waals surface area (Å²) in [6.07, 6.45) is -4.15. The molecule has 0 unspecified atom stereocenters. The van der Waals surface area contributed by atoms with Gasteiger partial charge < -0.3 is 5.73 Å². The van der Waals surface area contributed by atoms with Crippen molar-refractivity contribution >= 4 is 28.5 Å². The number of hydrogen-bond acceptors (Lipinski definition) is 5. The number of benzene rings is 1. The van der Waals surface area contributed by atoms with E-state index in [0.717, 1.165) is 12.1 Å². The van der Waals surface area contributed by atoms with E-state index in [1.807, 2.05) is 0 Å². The fourth-order valence-corrected chi connectivity index (χ4v) is 2.27. The first kappa shape index (κ1) is 14.6. The second kappa shape index (κ2) is 5.13. The third kappa shape index (κ3) is 2.57. The van der Waals surface area contributed by atoms with Crippen LogP contribution in [0.15, 0.2) is 28.9 Å². The molecule has 5 nitrogen and oxygen atoms in total. The van der Waals surface area contributed by atoms with Gasteiger partial charge in [0.15, 0.2) is 5.52 Å². The molecule has 2 aromatic heterocycles. The van der Waals surface area contributed by atoms with Gasteiger partial charge in [0, 0.05) is 12.0 Å².